The molecule has 4 rings (SSSR count). The van der Waals surface area contributed by atoms with Gasteiger partial charge in [0, 0.05) is 42.8 Å². The van der Waals surface area contributed by atoms with E-state index in [1.165, 1.54) is 0 Å². The van der Waals surface area contributed by atoms with Crippen molar-refractivity contribution in [2.24, 2.45) is 0 Å². The fourth-order valence-electron chi connectivity index (χ4n) is 3.28. The molecule has 6 nitrogen and oxygen atoms in total. The first-order valence-electron chi connectivity index (χ1n) is 9.10. The van der Waals surface area contributed by atoms with Crippen molar-refractivity contribution < 1.29 is 4.79 Å². The third-order valence-corrected chi connectivity index (χ3v) is 4.62. The highest BCUT2D eigenvalue weighted by Crippen LogP contribution is 2.21. The molecule has 1 unspecified atom stereocenters. The van der Waals surface area contributed by atoms with E-state index in [0.29, 0.717) is 18.9 Å². The van der Waals surface area contributed by atoms with Crippen LogP contribution >= 0.6 is 0 Å². The molecular formula is C21H21N5O. The van der Waals surface area contributed by atoms with E-state index in [4.69, 9.17) is 4.98 Å². The molecule has 1 atom stereocenters. The molecule has 1 fully saturated rings. The third-order valence-electron chi connectivity index (χ3n) is 4.62. The lowest BCUT2D eigenvalue weighted by Gasteiger charge is -2.17. The minimum absolute atomic E-state index is 0.000459. The van der Waals surface area contributed by atoms with Gasteiger partial charge in [0.25, 0.3) is 0 Å². The molecule has 2 aromatic heterocycles. The van der Waals surface area contributed by atoms with Gasteiger partial charge in [-0.25, -0.2) is 9.97 Å². The Morgan fingerprint density at radius 1 is 1.04 bits per heavy atom. The van der Waals surface area contributed by atoms with Crippen LogP contribution in [-0.4, -0.2) is 40.0 Å². The van der Waals surface area contributed by atoms with Gasteiger partial charge in [-0.3, -0.25) is 9.78 Å². The number of nitrogens with zero attached hydrogens (tertiary/aromatic N) is 4. The summed E-state index contributed by atoms with van der Waals surface area (Å²) in [5.74, 6) is 0.706. The summed E-state index contributed by atoms with van der Waals surface area (Å²) in [6, 6.07) is 17.7. The zero-order chi connectivity index (χ0) is 18.5. The van der Waals surface area contributed by atoms with Gasteiger partial charge in [0.1, 0.15) is 0 Å². The van der Waals surface area contributed by atoms with Crippen LogP contribution in [0.2, 0.25) is 0 Å². The van der Waals surface area contributed by atoms with Gasteiger partial charge < -0.3 is 10.2 Å². The van der Waals surface area contributed by atoms with E-state index in [1.807, 2.05) is 54.6 Å². The van der Waals surface area contributed by atoms with Crippen molar-refractivity contribution in [1.82, 2.24) is 20.3 Å². The lowest BCUT2D eigenvalue weighted by Crippen LogP contribution is -2.38. The number of anilines is 1. The van der Waals surface area contributed by atoms with Gasteiger partial charge in [-0.15, -0.1) is 0 Å². The van der Waals surface area contributed by atoms with E-state index in [-0.39, 0.29) is 11.9 Å². The van der Waals surface area contributed by atoms with Gasteiger partial charge in [0.15, 0.2) is 0 Å². The maximum atomic E-state index is 12.2. The van der Waals surface area contributed by atoms with Crippen molar-refractivity contribution in [2.75, 3.05) is 18.0 Å². The Labute approximate surface area is 158 Å². The molecule has 3 aromatic rings. The molecule has 3 heterocycles. The normalized spacial score (nSPS) is 16.3. The fourth-order valence-corrected chi connectivity index (χ4v) is 3.28. The molecule has 1 amide bonds. The summed E-state index contributed by atoms with van der Waals surface area (Å²) in [5, 5.41) is 3.10. The zero-order valence-corrected chi connectivity index (χ0v) is 15.0. The van der Waals surface area contributed by atoms with Crippen LogP contribution in [0.5, 0.6) is 0 Å². The van der Waals surface area contributed by atoms with Crippen molar-refractivity contribution in [1.29, 1.82) is 0 Å². The summed E-state index contributed by atoms with van der Waals surface area (Å²) < 4.78 is 0. The number of benzene rings is 1. The van der Waals surface area contributed by atoms with E-state index in [1.54, 1.807) is 12.4 Å². The van der Waals surface area contributed by atoms with E-state index >= 15 is 0 Å². The van der Waals surface area contributed by atoms with Crippen LogP contribution in [0.1, 0.15) is 12.1 Å². The number of nitrogens with one attached hydrogen (secondary N) is 1. The Morgan fingerprint density at radius 2 is 1.89 bits per heavy atom. The zero-order valence-electron chi connectivity index (χ0n) is 15.0. The molecule has 0 bridgehead atoms. The van der Waals surface area contributed by atoms with E-state index in [0.717, 1.165) is 29.9 Å². The average molecular weight is 359 g/mol. The van der Waals surface area contributed by atoms with Crippen molar-refractivity contribution >= 4 is 11.9 Å². The minimum Gasteiger partial charge on any atom is -0.351 e. The molecule has 1 saturated heterocycles. The summed E-state index contributed by atoms with van der Waals surface area (Å²) in [7, 11) is 0. The number of hydrogen-bond acceptors (Lipinski definition) is 5. The third kappa shape index (κ3) is 4.28. The molecule has 0 spiro atoms. The van der Waals surface area contributed by atoms with Crippen molar-refractivity contribution in [2.45, 2.75) is 18.9 Å². The average Bonchev–Trinajstić information content (AvgIpc) is 3.18. The molecule has 27 heavy (non-hydrogen) atoms. The maximum absolute atomic E-state index is 12.2. The Morgan fingerprint density at radius 3 is 2.70 bits per heavy atom. The van der Waals surface area contributed by atoms with E-state index in [9.17, 15) is 4.79 Å². The maximum Gasteiger partial charge on any atom is 0.226 e. The largest absolute Gasteiger partial charge is 0.351 e. The fraction of sp³-hybridized carbons (Fsp3) is 0.238. The summed E-state index contributed by atoms with van der Waals surface area (Å²) in [6.07, 6.45) is 4.68. The molecule has 6 heteroatoms. The number of rotatable bonds is 5. The number of hydrogen-bond donors (Lipinski definition) is 1. The highest BCUT2D eigenvalue weighted by atomic mass is 16.1. The number of pyridine rings is 1. The monoisotopic (exact) mass is 359 g/mol. The van der Waals surface area contributed by atoms with Crippen LogP contribution in [0.25, 0.3) is 11.3 Å². The van der Waals surface area contributed by atoms with Gasteiger partial charge in [-0.1, -0.05) is 36.4 Å². The second-order valence-electron chi connectivity index (χ2n) is 6.60. The Balaban J connectivity index is 1.37. The Bertz CT molecular complexity index is 901. The number of carbonyl (C=O) groups is 1. The van der Waals surface area contributed by atoms with Gasteiger partial charge in [-0.2, -0.15) is 0 Å². The van der Waals surface area contributed by atoms with Gasteiger partial charge >= 0.3 is 0 Å². The number of aromatic nitrogens is 3. The van der Waals surface area contributed by atoms with Crippen LogP contribution < -0.4 is 10.2 Å². The first-order chi connectivity index (χ1) is 13.3. The highest BCUT2D eigenvalue weighted by Gasteiger charge is 2.25. The van der Waals surface area contributed by atoms with Crippen molar-refractivity contribution in [3.63, 3.8) is 0 Å². The molecule has 1 aliphatic heterocycles. The highest BCUT2D eigenvalue weighted by molar-refractivity contribution is 5.78. The Kier molecular flexibility index (Phi) is 5.05. The summed E-state index contributed by atoms with van der Waals surface area (Å²) in [4.78, 5) is 27.7. The predicted molar refractivity (Wildman–Crippen MR) is 104 cm³/mol. The molecular weight excluding hydrogens is 338 g/mol. The quantitative estimate of drug-likeness (QED) is 0.758. The molecule has 1 aromatic carbocycles. The van der Waals surface area contributed by atoms with Gasteiger partial charge in [0.2, 0.25) is 11.9 Å². The molecule has 0 aliphatic carbocycles. The van der Waals surface area contributed by atoms with Crippen LogP contribution in [0, 0.1) is 0 Å². The standard InChI is InChI=1S/C21H21N5O/c27-20(14-17-8-4-5-11-22-17)24-18-10-13-26(15-18)21-23-12-9-19(25-21)16-6-2-1-3-7-16/h1-9,11-12,18H,10,13-15H2,(H,24,27). The SMILES string of the molecule is O=C(Cc1ccccn1)NC1CCN(c2nccc(-c3ccccc3)n2)C1. The van der Waals surface area contributed by atoms with E-state index < -0.39 is 0 Å². The van der Waals surface area contributed by atoms with Gasteiger partial charge in [-0.05, 0) is 24.6 Å². The molecule has 1 aliphatic rings. The van der Waals surface area contributed by atoms with Crippen LogP contribution in [0.4, 0.5) is 5.95 Å². The molecule has 1 N–H and O–H groups in total. The summed E-state index contributed by atoms with van der Waals surface area (Å²) >= 11 is 0. The number of carbonyl (C=O) groups excluding carboxylic acids is 1. The lowest BCUT2D eigenvalue weighted by atomic mass is 10.1. The first-order valence-corrected chi connectivity index (χ1v) is 9.10. The van der Waals surface area contributed by atoms with Crippen molar-refractivity contribution in [3.05, 3.63) is 72.7 Å². The first kappa shape index (κ1) is 17.1. The topological polar surface area (TPSA) is 71.0 Å². The lowest BCUT2D eigenvalue weighted by molar-refractivity contribution is -0.121. The van der Waals surface area contributed by atoms with Crippen LogP contribution in [0.3, 0.4) is 0 Å². The van der Waals surface area contributed by atoms with Crippen LogP contribution in [0.15, 0.2) is 67.0 Å². The molecule has 0 radical (unpaired) electrons. The summed E-state index contributed by atoms with van der Waals surface area (Å²) in [5.41, 5.74) is 2.76. The second-order valence-corrected chi connectivity index (χ2v) is 6.60. The van der Waals surface area contributed by atoms with Crippen LogP contribution in [-0.2, 0) is 11.2 Å². The smallest absolute Gasteiger partial charge is 0.226 e. The van der Waals surface area contributed by atoms with E-state index in [2.05, 4.69) is 20.2 Å². The molecule has 136 valence electrons. The second kappa shape index (κ2) is 7.95. The summed E-state index contributed by atoms with van der Waals surface area (Å²) in [6.45, 7) is 1.54. The van der Waals surface area contributed by atoms with Gasteiger partial charge in [0.05, 0.1) is 12.1 Å². The van der Waals surface area contributed by atoms with Crippen molar-refractivity contribution in [3.8, 4) is 11.3 Å². The number of amides is 1. The molecule has 0 saturated carbocycles. The minimum atomic E-state index is -0.000459. The predicted octanol–water partition coefficient (Wildman–Crippen LogP) is 2.48. The Hall–Kier alpha value is -3.28.